The molecule has 18 heavy (non-hydrogen) atoms. The van der Waals surface area contributed by atoms with Gasteiger partial charge in [-0.25, -0.2) is 0 Å². The predicted molar refractivity (Wildman–Crippen MR) is 62.9 cm³/mol. The smallest absolute Gasteiger partial charge is 0.235 e. The summed E-state index contributed by atoms with van der Waals surface area (Å²) in [5.74, 6) is -0.364. The van der Waals surface area contributed by atoms with Crippen molar-refractivity contribution in [1.82, 2.24) is 0 Å². The first-order chi connectivity index (χ1) is 8.70. The molecule has 0 unspecified atom stereocenters. The summed E-state index contributed by atoms with van der Waals surface area (Å²) < 4.78 is 5.38. The Kier molecular flexibility index (Phi) is 2.17. The monoisotopic (exact) mass is 240 g/mol. The topological polar surface area (TPSA) is 74.3 Å². The van der Waals surface area contributed by atoms with Gasteiger partial charge < -0.3 is 4.42 Å². The summed E-state index contributed by atoms with van der Waals surface area (Å²) >= 11 is 0. The van der Waals surface area contributed by atoms with E-state index in [1.165, 1.54) is 4.90 Å². The summed E-state index contributed by atoms with van der Waals surface area (Å²) in [6, 6.07) is 9.00. The van der Waals surface area contributed by atoms with Crippen LogP contribution in [0.1, 0.15) is 12.2 Å². The van der Waals surface area contributed by atoms with E-state index in [4.69, 9.17) is 9.68 Å². The number of rotatable bonds is 1. The van der Waals surface area contributed by atoms with Crippen molar-refractivity contribution in [3.63, 3.8) is 0 Å². The van der Waals surface area contributed by atoms with Crippen LogP contribution in [0.15, 0.2) is 28.7 Å². The number of carbonyl (C=O) groups excluding carboxylic acids is 2. The fourth-order valence-electron chi connectivity index (χ4n) is 2.16. The first-order valence-electron chi connectivity index (χ1n) is 5.44. The van der Waals surface area contributed by atoms with Crippen LogP contribution in [0.3, 0.4) is 0 Å². The number of carbonyl (C=O) groups is 2. The Morgan fingerprint density at radius 3 is 2.72 bits per heavy atom. The van der Waals surface area contributed by atoms with Crippen LogP contribution in [-0.2, 0) is 9.59 Å². The number of hydrogen-bond donors (Lipinski definition) is 0. The number of hydrogen-bond acceptors (Lipinski definition) is 4. The van der Waals surface area contributed by atoms with Crippen LogP contribution < -0.4 is 4.90 Å². The van der Waals surface area contributed by atoms with Gasteiger partial charge in [0.2, 0.25) is 11.7 Å². The van der Waals surface area contributed by atoms with Crippen molar-refractivity contribution in [2.75, 3.05) is 11.4 Å². The fourth-order valence-corrected chi connectivity index (χ4v) is 2.16. The number of fused-ring (bicyclic) bond motifs is 1. The zero-order valence-corrected chi connectivity index (χ0v) is 9.34. The molecule has 5 heteroatoms. The molecule has 1 aromatic carbocycles. The van der Waals surface area contributed by atoms with Crippen LogP contribution in [0, 0.1) is 11.3 Å². The van der Waals surface area contributed by atoms with Crippen molar-refractivity contribution < 1.29 is 14.0 Å². The van der Waals surface area contributed by atoms with E-state index in [-0.39, 0.29) is 30.4 Å². The average Bonchev–Trinajstić information content (AvgIpc) is 2.88. The minimum atomic E-state index is -0.289. The second kappa shape index (κ2) is 3.70. The van der Waals surface area contributed by atoms with E-state index in [9.17, 15) is 9.59 Å². The van der Waals surface area contributed by atoms with Crippen LogP contribution in [0.5, 0.6) is 0 Å². The third-order valence-electron chi connectivity index (χ3n) is 2.92. The lowest BCUT2D eigenvalue weighted by Crippen LogP contribution is -2.24. The van der Waals surface area contributed by atoms with Gasteiger partial charge >= 0.3 is 0 Å². The zero-order chi connectivity index (χ0) is 12.7. The molecule has 0 N–H and O–H groups in total. The number of furan rings is 1. The number of Topliss-reactive ketones (excluding diaryl/α,β-unsaturated/α-hetero) is 1. The van der Waals surface area contributed by atoms with Crippen LogP contribution in [0.2, 0.25) is 0 Å². The predicted octanol–water partition coefficient (Wildman–Crippen LogP) is 1.61. The fraction of sp³-hybridized carbons (Fsp3) is 0.154. The maximum atomic E-state index is 11.7. The van der Waals surface area contributed by atoms with Gasteiger partial charge in [-0.3, -0.25) is 14.5 Å². The number of amides is 1. The van der Waals surface area contributed by atoms with Gasteiger partial charge in [0.25, 0.3) is 0 Å². The third-order valence-corrected chi connectivity index (χ3v) is 2.92. The Morgan fingerprint density at radius 1 is 1.28 bits per heavy atom. The van der Waals surface area contributed by atoms with Gasteiger partial charge in [-0.1, -0.05) is 12.1 Å². The molecule has 88 valence electrons. The van der Waals surface area contributed by atoms with E-state index in [0.29, 0.717) is 16.7 Å². The quantitative estimate of drug-likeness (QED) is 0.710. The largest absolute Gasteiger partial charge is 0.443 e. The number of para-hydroxylation sites is 1. The molecule has 2 aromatic rings. The van der Waals surface area contributed by atoms with Gasteiger partial charge in [0.1, 0.15) is 17.3 Å². The van der Waals surface area contributed by atoms with Gasteiger partial charge in [-0.15, -0.1) is 0 Å². The summed E-state index contributed by atoms with van der Waals surface area (Å²) in [5, 5.41) is 9.74. The second-order valence-electron chi connectivity index (χ2n) is 4.08. The lowest BCUT2D eigenvalue weighted by Gasteiger charge is -2.12. The van der Waals surface area contributed by atoms with E-state index in [0.717, 1.165) is 0 Å². The summed E-state index contributed by atoms with van der Waals surface area (Å²) in [4.78, 5) is 24.4. The van der Waals surface area contributed by atoms with E-state index >= 15 is 0 Å². The van der Waals surface area contributed by atoms with Crippen LogP contribution in [0.25, 0.3) is 11.0 Å². The normalized spacial score (nSPS) is 15.4. The number of benzene rings is 1. The van der Waals surface area contributed by atoms with E-state index in [1.807, 2.05) is 6.07 Å². The second-order valence-corrected chi connectivity index (χ2v) is 4.08. The van der Waals surface area contributed by atoms with Crippen molar-refractivity contribution >= 4 is 28.3 Å². The van der Waals surface area contributed by atoms with Gasteiger partial charge in [-0.2, -0.15) is 5.26 Å². The SMILES string of the molecule is N#Cc1oc2ccccc2c1N1CC(=O)CC1=O. The van der Waals surface area contributed by atoms with Crippen molar-refractivity contribution in [2.45, 2.75) is 6.42 Å². The number of ketones is 1. The number of nitriles is 1. The Balaban J connectivity index is 2.25. The Hall–Kier alpha value is -2.61. The van der Waals surface area contributed by atoms with E-state index in [1.54, 1.807) is 24.3 Å². The molecule has 0 spiro atoms. The van der Waals surface area contributed by atoms with Gasteiger partial charge in [0, 0.05) is 5.39 Å². The molecule has 2 heterocycles. The summed E-state index contributed by atoms with van der Waals surface area (Å²) in [5.41, 5.74) is 0.945. The highest BCUT2D eigenvalue weighted by atomic mass is 16.3. The highest BCUT2D eigenvalue weighted by Crippen LogP contribution is 2.35. The molecule has 5 nitrogen and oxygen atoms in total. The maximum absolute atomic E-state index is 11.7. The standard InChI is InChI=1S/C13H8N2O3/c14-6-11-13(15-7-8(16)5-12(15)17)9-3-1-2-4-10(9)18-11/h1-4H,5,7H2. The Labute approximate surface area is 102 Å². The summed E-state index contributed by atoms with van der Waals surface area (Å²) in [6.45, 7) is 0.0110. The Morgan fingerprint density at radius 2 is 2.06 bits per heavy atom. The highest BCUT2D eigenvalue weighted by Gasteiger charge is 2.33. The minimum Gasteiger partial charge on any atom is -0.443 e. The van der Waals surface area contributed by atoms with Crippen LogP contribution >= 0.6 is 0 Å². The molecule has 0 atom stereocenters. The molecule has 1 aromatic heterocycles. The van der Waals surface area contributed by atoms with Crippen molar-refractivity contribution in [1.29, 1.82) is 5.26 Å². The summed E-state index contributed by atoms with van der Waals surface area (Å²) in [6.07, 6.45) is -0.107. The number of anilines is 1. The summed E-state index contributed by atoms with van der Waals surface area (Å²) in [7, 11) is 0. The molecule has 3 rings (SSSR count). The lowest BCUT2D eigenvalue weighted by atomic mass is 10.2. The maximum Gasteiger partial charge on any atom is 0.235 e. The van der Waals surface area contributed by atoms with E-state index < -0.39 is 0 Å². The van der Waals surface area contributed by atoms with Crippen LogP contribution in [-0.4, -0.2) is 18.2 Å². The van der Waals surface area contributed by atoms with Gasteiger partial charge in [-0.05, 0) is 12.1 Å². The lowest BCUT2D eigenvalue weighted by molar-refractivity contribution is -0.121. The van der Waals surface area contributed by atoms with Crippen molar-refractivity contribution in [2.24, 2.45) is 0 Å². The minimum absolute atomic E-state index is 0.0110. The zero-order valence-electron chi connectivity index (χ0n) is 9.34. The first-order valence-corrected chi connectivity index (χ1v) is 5.44. The molecule has 1 fully saturated rings. The molecule has 0 saturated carbocycles. The molecule has 1 saturated heterocycles. The van der Waals surface area contributed by atoms with Crippen molar-refractivity contribution in [3.8, 4) is 6.07 Å². The van der Waals surface area contributed by atoms with Crippen LogP contribution in [0.4, 0.5) is 5.69 Å². The van der Waals surface area contributed by atoms with Gasteiger partial charge in [0.05, 0.1) is 13.0 Å². The molecule has 1 aliphatic heterocycles. The first kappa shape index (κ1) is 10.5. The third kappa shape index (κ3) is 1.39. The van der Waals surface area contributed by atoms with Gasteiger partial charge in [0.15, 0.2) is 5.78 Å². The Bertz CT molecular complexity index is 709. The molecule has 1 aliphatic rings. The van der Waals surface area contributed by atoms with E-state index in [2.05, 4.69) is 0 Å². The average molecular weight is 240 g/mol. The highest BCUT2D eigenvalue weighted by molar-refractivity contribution is 6.18. The molecule has 0 radical (unpaired) electrons. The molecular formula is C13H8N2O3. The van der Waals surface area contributed by atoms with Crippen molar-refractivity contribution in [3.05, 3.63) is 30.0 Å². The molecule has 0 bridgehead atoms. The molecule has 0 aliphatic carbocycles. The number of nitrogens with zero attached hydrogens (tertiary/aromatic N) is 2. The molecule has 1 amide bonds. The molecular weight excluding hydrogens is 232 g/mol.